The molecular weight excluding hydrogens is 439 g/mol. The first-order valence-electron chi connectivity index (χ1n) is 11.9. The van der Waals surface area contributed by atoms with Crippen molar-refractivity contribution >= 4 is 12.6 Å². The van der Waals surface area contributed by atoms with Gasteiger partial charge in [0.2, 0.25) is 5.88 Å². The van der Waals surface area contributed by atoms with E-state index < -0.39 is 18.3 Å². The lowest BCUT2D eigenvalue weighted by Crippen LogP contribution is -2.41. The van der Waals surface area contributed by atoms with Crippen molar-refractivity contribution in [2.45, 2.75) is 58.5 Å². The molecule has 2 aliphatic heterocycles. The number of ether oxygens (including phenoxy) is 2. The molecular formula is C28H29BN2O4. The third-order valence-corrected chi connectivity index (χ3v) is 7.15. The van der Waals surface area contributed by atoms with Gasteiger partial charge in [-0.1, -0.05) is 24.3 Å². The van der Waals surface area contributed by atoms with Crippen LogP contribution in [0.2, 0.25) is 0 Å². The molecule has 0 aliphatic carbocycles. The van der Waals surface area contributed by atoms with Gasteiger partial charge in [-0.25, -0.2) is 4.98 Å². The van der Waals surface area contributed by atoms with E-state index in [9.17, 15) is 5.26 Å². The van der Waals surface area contributed by atoms with Crippen LogP contribution in [0.4, 0.5) is 0 Å². The molecule has 35 heavy (non-hydrogen) atoms. The number of rotatable bonds is 1. The van der Waals surface area contributed by atoms with E-state index in [2.05, 4.69) is 39.8 Å². The summed E-state index contributed by atoms with van der Waals surface area (Å²) < 4.78 is 24.9. The van der Waals surface area contributed by atoms with Crippen molar-refractivity contribution in [3.63, 3.8) is 0 Å². The van der Waals surface area contributed by atoms with Gasteiger partial charge in [0.1, 0.15) is 6.61 Å². The predicted octanol–water partition coefficient (Wildman–Crippen LogP) is 4.57. The lowest BCUT2D eigenvalue weighted by atomic mass is 9.75. The summed E-state index contributed by atoms with van der Waals surface area (Å²) in [6.45, 7) is 9.52. The number of nitrogens with zero attached hydrogens (tertiary/aromatic N) is 2. The maximum absolute atomic E-state index is 9.35. The number of hydrogen-bond donors (Lipinski definition) is 0. The molecule has 4 bridgehead atoms. The van der Waals surface area contributed by atoms with Crippen LogP contribution >= 0.6 is 0 Å². The quantitative estimate of drug-likeness (QED) is 0.488. The molecule has 0 N–H and O–H groups in total. The summed E-state index contributed by atoms with van der Waals surface area (Å²) in [4.78, 5) is 4.74. The average Bonchev–Trinajstić information content (AvgIpc) is 3.06. The molecule has 1 aromatic heterocycles. The van der Waals surface area contributed by atoms with E-state index in [0.717, 1.165) is 33.4 Å². The summed E-state index contributed by atoms with van der Waals surface area (Å²) in [7, 11) is -0.479. The summed E-state index contributed by atoms with van der Waals surface area (Å²) in [5.74, 6) is 0.558. The Labute approximate surface area is 207 Å². The van der Waals surface area contributed by atoms with E-state index in [1.165, 1.54) is 0 Å². The van der Waals surface area contributed by atoms with E-state index in [4.69, 9.17) is 23.8 Å². The molecule has 3 aromatic rings. The predicted molar refractivity (Wildman–Crippen MR) is 134 cm³/mol. The maximum Gasteiger partial charge on any atom is 0.495 e. The zero-order valence-corrected chi connectivity index (χ0v) is 20.6. The minimum atomic E-state index is -0.479. The standard InChI is InChI=1S/C28H29BN2O4/c1-27(2)28(3,4)35-29(34-27)24-11-10-21-15-23(24)17-32-13-12-20-14-19(16-30)8-9-22(20)18-33-26-7-5-6-25(21)31-26/h5-11,14-15H,12-13,17-18H2,1-4H3. The smallest absolute Gasteiger partial charge is 0.473 e. The van der Waals surface area contributed by atoms with Crippen molar-refractivity contribution in [1.82, 2.24) is 4.98 Å². The summed E-state index contributed by atoms with van der Waals surface area (Å²) in [5, 5.41) is 9.35. The fourth-order valence-electron chi connectivity index (χ4n) is 4.33. The molecule has 0 saturated carbocycles. The third-order valence-electron chi connectivity index (χ3n) is 7.15. The molecule has 2 aromatic carbocycles. The first kappa shape index (κ1) is 23.6. The summed E-state index contributed by atoms with van der Waals surface area (Å²) in [6.07, 6.45) is 0.674. The van der Waals surface area contributed by atoms with Crippen LogP contribution in [0.15, 0.2) is 54.6 Å². The van der Waals surface area contributed by atoms with Crippen molar-refractivity contribution in [3.05, 3.63) is 76.9 Å². The first-order chi connectivity index (χ1) is 16.8. The monoisotopic (exact) mass is 468 g/mol. The molecule has 0 radical (unpaired) electrons. The highest BCUT2D eigenvalue weighted by molar-refractivity contribution is 6.62. The van der Waals surface area contributed by atoms with Crippen LogP contribution < -0.4 is 10.2 Å². The Morgan fingerprint density at radius 3 is 2.46 bits per heavy atom. The lowest BCUT2D eigenvalue weighted by molar-refractivity contribution is 0.00578. The molecule has 7 heteroatoms. The van der Waals surface area contributed by atoms with Crippen LogP contribution in [-0.4, -0.2) is 29.9 Å². The third kappa shape index (κ3) is 4.70. The summed E-state index contributed by atoms with van der Waals surface area (Å²) in [5.41, 5.74) is 5.58. The molecule has 0 amide bonds. The average molecular weight is 468 g/mol. The number of fused-ring (bicyclic) bond motifs is 6. The van der Waals surface area contributed by atoms with E-state index in [0.29, 0.717) is 37.7 Å². The van der Waals surface area contributed by atoms with Crippen LogP contribution in [-0.2, 0) is 33.7 Å². The SMILES string of the molecule is CC1(C)OB(c2ccc3cc2COCCc2cc(C#N)ccc2COc2cccc-3n2)OC1(C)C. The Morgan fingerprint density at radius 1 is 0.886 bits per heavy atom. The number of aromatic nitrogens is 1. The van der Waals surface area contributed by atoms with Gasteiger partial charge in [0, 0.05) is 11.6 Å². The van der Waals surface area contributed by atoms with Gasteiger partial charge in [-0.15, -0.1) is 0 Å². The van der Waals surface area contributed by atoms with Gasteiger partial charge in [0.15, 0.2) is 0 Å². The van der Waals surface area contributed by atoms with Crippen LogP contribution in [0.25, 0.3) is 11.3 Å². The van der Waals surface area contributed by atoms with E-state index in [-0.39, 0.29) is 0 Å². The fourth-order valence-corrected chi connectivity index (χ4v) is 4.33. The zero-order chi connectivity index (χ0) is 24.6. The molecule has 178 valence electrons. The zero-order valence-electron chi connectivity index (χ0n) is 20.6. The Bertz CT molecular complexity index is 1280. The van der Waals surface area contributed by atoms with Crippen molar-refractivity contribution in [1.29, 1.82) is 5.26 Å². The lowest BCUT2D eigenvalue weighted by Gasteiger charge is -2.32. The van der Waals surface area contributed by atoms with Gasteiger partial charge in [-0.05, 0) is 80.5 Å². The molecule has 0 unspecified atom stereocenters. The Morgan fingerprint density at radius 2 is 1.69 bits per heavy atom. The van der Waals surface area contributed by atoms with Crippen LogP contribution in [0, 0.1) is 11.3 Å². The van der Waals surface area contributed by atoms with Crippen molar-refractivity contribution < 1.29 is 18.8 Å². The minimum absolute atomic E-state index is 0.379. The number of pyridine rings is 1. The van der Waals surface area contributed by atoms with Gasteiger partial charge in [0.05, 0.1) is 41.7 Å². The van der Waals surface area contributed by atoms with E-state index in [1.54, 1.807) is 0 Å². The molecule has 1 fully saturated rings. The Hall–Kier alpha value is -3.18. The van der Waals surface area contributed by atoms with Gasteiger partial charge in [-0.2, -0.15) is 5.26 Å². The molecule has 1 saturated heterocycles. The van der Waals surface area contributed by atoms with Gasteiger partial charge in [-0.3, -0.25) is 0 Å². The fraction of sp³-hybridized carbons (Fsp3) is 0.357. The molecule has 2 aliphatic rings. The van der Waals surface area contributed by atoms with Crippen LogP contribution in [0.1, 0.15) is 49.9 Å². The topological polar surface area (TPSA) is 73.6 Å². The molecule has 5 rings (SSSR count). The van der Waals surface area contributed by atoms with Crippen LogP contribution in [0.5, 0.6) is 5.88 Å². The second-order valence-electron chi connectivity index (χ2n) is 10.0. The highest BCUT2D eigenvalue weighted by Crippen LogP contribution is 2.37. The van der Waals surface area contributed by atoms with Gasteiger partial charge >= 0.3 is 7.12 Å². The second-order valence-corrected chi connectivity index (χ2v) is 10.0. The van der Waals surface area contributed by atoms with Crippen molar-refractivity contribution in [2.75, 3.05) is 6.61 Å². The van der Waals surface area contributed by atoms with E-state index >= 15 is 0 Å². The van der Waals surface area contributed by atoms with Crippen molar-refractivity contribution in [2.24, 2.45) is 0 Å². The largest absolute Gasteiger partial charge is 0.495 e. The maximum atomic E-state index is 9.35. The normalized spacial score (nSPS) is 18.7. The molecule has 0 spiro atoms. The number of benzene rings is 2. The molecule has 0 atom stereocenters. The highest BCUT2D eigenvalue weighted by atomic mass is 16.7. The van der Waals surface area contributed by atoms with Gasteiger partial charge in [0.25, 0.3) is 0 Å². The Balaban J connectivity index is 1.52. The van der Waals surface area contributed by atoms with Gasteiger partial charge < -0.3 is 18.8 Å². The summed E-state index contributed by atoms with van der Waals surface area (Å²) in [6, 6.07) is 19.9. The molecule has 6 nitrogen and oxygen atoms in total. The molecule has 3 heterocycles. The van der Waals surface area contributed by atoms with Crippen molar-refractivity contribution in [3.8, 4) is 23.2 Å². The first-order valence-corrected chi connectivity index (χ1v) is 11.9. The number of hydrogen-bond acceptors (Lipinski definition) is 6. The van der Waals surface area contributed by atoms with E-state index in [1.807, 2.05) is 48.5 Å². The highest BCUT2D eigenvalue weighted by Gasteiger charge is 2.52. The summed E-state index contributed by atoms with van der Waals surface area (Å²) >= 11 is 0. The minimum Gasteiger partial charge on any atom is -0.473 e. The number of nitriles is 1. The Kier molecular flexibility index (Phi) is 6.14. The second kappa shape index (κ2) is 9.12. The van der Waals surface area contributed by atoms with Crippen LogP contribution in [0.3, 0.4) is 0 Å².